The summed E-state index contributed by atoms with van der Waals surface area (Å²) in [6.45, 7) is 5.54. The van der Waals surface area contributed by atoms with Crippen LogP contribution in [0.25, 0.3) is 0 Å². The number of halogens is 2. The molecule has 2 saturated heterocycles. The van der Waals surface area contributed by atoms with Crippen molar-refractivity contribution in [2.24, 2.45) is 23.5 Å². The third kappa shape index (κ3) is 6.02. The van der Waals surface area contributed by atoms with Gasteiger partial charge in [-0.1, -0.05) is 19.3 Å². The number of rotatable bonds is 3. The number of fused-ring (bicyclic) bond motifs is 2. The Morgan fingerprint density at radius 2 is 1.30 bits per heavy atom. The molecule has 0 radical (unpaired) electrons. The van der Waals surface area contributed by atoms with Crippen LogP contribution in [0.4, 0.5) is 0 Å². The van der Waals surface area contributed by atoms with E-state index < -0.39 is 0 Å². The molecule has 4 rings (SSSR count). The molecule has 2 aliphatic heterocycles. The molecule has 2 unspecified atom stereocenters. The molecule has 4 fully saturated rings. The SMILES string of the molecule is Cl.Cl.NC1C2CCCC1CC(C(=O)N1CCN(CC(=O)N3CCCCCC3)CC1)C2. The molecule has 0 aromatic heterocycles. The Morgan fingerprint density at radius 1 is 0.733 bits per heavy atom. The second-order valence-corrected chi connectivity index (χ2v) is 9.59. The van der Waals surface area contributed by atoms with E-state index in [1.54, 1.807) is 0 Å². The topological polar surface area (TPSA) is 69.9 Å². The van der Waals surface area contributed by atoms with Crippen molar-refractivity contribution in [3.63, 3.8) is 0 Å². The van der Waals surface area contributed by atoms with E-state index >= 15 is 0 Å². The number of carbonyl (C=O) groups is 2. The predicted molar refractivity (Wildman–Crippen MR) is 124 cm³/mol. The minimum absolute atomic E-state index is 0. The normalized spacial score (nSPS) is 32.4. The molecule has 2 amide bonds. The molecular weight excluding hydrogens is 423 g/mol. The van der Waals surface area contributed by atoms with E-state index in [-0.39, 0.29) is 36.6 Å². The molecule has 8 heteroatoms. The highest BCUT2D eigenvalue weighted by molar-refractivity contribution is 5.85. The van der Waals surface area contributed by atoms with Gasteiger partial charge in [0.15, 0.2) is 0 Å². The largest absolute Gasteiger partial charge is 0.342 e. The van der Waals surface area contributed by atoms with Crippen LogP contribution < -0.4 is 5.73 Å². The van der Waals surface area contributed by atoms with Crippen molar-refractivity contribution in [1.82, 2.24) is 14.7 Å². The van der Waals surface area contributed by atoms with Gasteiger partial charge < -0.3 is 15.5 Å². The van der Waals surface area contributed by atoms with Gasteiger partial charge in [0, 0.05) is 51.2 Å². The lowest BCUT2D eigenvalue weighted by molar-refractivity contribution is -0.141. The number of piperazine rings is 1. The number of hydrogen-bond donors (Lipinski definition) is 1. The summed E-state index contributed by atoms with van der Waals surface area (Å²) in [6, 6.07) is 0.319. The van der Waals surface area contributed by atoms with Crippen molar-refractivity contribution in [2.75, 3.05) is 45.8 Å². The van der Waals surface area contributed by atoms with E-state index in [9.17, 15) is 9.59 Å². The second-order valence-electron chi connectivity index (χ2n) is 9.59. The van der Waals surface area contributed by atoms with Gasteiger partial charge in [-0.3, -0.25) is 14.5 Å². The Kier molecular flexibility index (Phi) is 10.2. The molecule has 4 aliphatic rings. The summed E-state index contributed by atoms with van der Waals surface area (Å²) in [6.07, 6.45) is 10.4. The van der Waals surface area contributed by atoms with Crippen LogP contribution >= 0.6 is 24.8 Å². The molecule has 0 spiro atoms. The van der Waals surface area contributed by atoms with Crippen molar-refractivity contribution in [3.8, 4) is 0 Å². The first-order valence-corrected chi connectivity index (χ1v) is 11.7. The minimum Gasteiger partial charge on any atom is -0.342 e. The maximum absolute atomic E-state index is 13.1. The fourth-order valence-corrected chi connectivity index (χ4v) is 5.99. The summed E-state index contributed by atoms with van der Waals surface area (Å²) in [5.41, 5.74) is 6.39. The Balaban J connectivity index is 0.00000160. The predicted octanol–water partition coefficient (Wildman–Crippen LogP) is 2.53. The van der Waals surface area contributed by atoms with Gasteiger partial charge in [-0.15, -0.1) is 24.8 Å². The number of amides is 2. The van der Waals surface area contributed by atoms with E-state index in [0.29, 0.717) is 30.3 Å². The van der Waals surface area contributed by atoms with Gasteiger partial charge in [0.25, 0.3) is 0 Å². The second kappa shape index (κ2) is 11.9. The van der Waals surface area contributed by atoms with Gasteiger partial charge in [-0.05, 0) is 50.4 Å². The van der Waals surface area contributed by atoms with E-state index in [1.165, 1.54) is 32.1 Å². The smallest absolute Gasteiger partial charge is 0.236 e. The number of hydrogen-bond acceptors (Lipinski definition) is 4. The lowest BCUT2D eigenvalue weighted by atomic mass is 9.65. The molecule has 2 saturated carbocycles. The van der Waals surface area contributed by atoms with Crippen molar-refractivity contribution in [1.29, 1.82) is 0 Å². The third-order valence-electron chi connectivity index (χ3n) is 7.76. The van der Waals surface area contributed by atoms with Crippen LogP contribution in [-0.4, -0.2) is 78.4 Å². The molecule has 6 nitrogen and oxygen atoms in total. The standard InChI is InChI=1S/C22H38N4O2.2ClH/c23-21-17-6-5-7-18(21)15-19(14-17)22(28)26-12-10-24(11-13-26)16-20(27)25-8-3-1-2-4-9-25;;/h17-19,21H,1-16,23H2;2*1H. The van der Waals surface area contributed by atoms with Gasteiger partial charge in [0.1, 0.15) is 0 Å². The first-order valence-electron chi connectivity index (χ1n) is 11.7. The van der Waals surface area contributed by atoms with Crippen LogP contribution in [0.1, 0.15) is 57.8 Å². The van der Waals surface area contributed by atoms with Crippen molar-refractivity contribution in [3.05, 3.63) is 0 Å². The fourth-order valence-electron chi connectivity index (χ4n) is 5.99. The van der Waals surface area contributed by atoms with Crippen LogP contribution in [0.5, 0.6) is 0 Å². The highest BCUT2D eigenvalue weighted by Gasteiger charge is 2.42. The van der Waals surface area contributed by atoms with Crippen molar-refractivity contribution >= 4 is 36.6 Å². The zero-order chi connectivity index (χ0) is 19.5. The lowest BCUT2D eigenvalue weighted by Crippen LogP contribution is -2.54. The summed E-state index contributed by atoms with van der Waals surface area (Å²) in [5, 5.41) is 0. The molecule has 2 heterocycles. The minimum atomic E-state index is 0. The summed E-state index contributed by atoms with van der Waals surface area (Å²) < 4.78 is 0. The Bertz CT molecular complexity index is 549. The number of nitrogens with zero attached hydrogens (tertiary/aromatic N) is 3. The first kappa shape index (κ1) is 25.7. The summed E-state index contributed by atoms with van der Waals surface area (Å²) in [5.74, 6) is 1.90. The van der Waals surface area contributed by atoms with Gasteiger partial charge in [0.05, 0.1) is 6.54 Å². The molecule has 174 valence electrons. The molecular formula is C22H40Cl2N4O2. The van der Waals surface area contributed by atoms with Gasteiger partial charge in [-0.2, -0.15) is 0 Å². The first-order chi connectivity index (χ1) is 13.6. The molecule has 2 aliphatic carbocycles. The maximum Gasteiger partial charge on any atom is 0.236 e. The monoisotopic (exact) mass is 462 g/mol. The number of nitrogens with two attached hydrogens (primary N) is 1. The fraction of sp³-hybridized carbons (Fsp3) is 0.909. The Labute approximate surface area is 194 Å². The number of carbonyl (C=O) groups excluding carboxylic acids is 2. The highest BCUT2D eigenvalue weighted by atomic mass is 35.5. The molecule has 2 atom stereocenters. The van der Waals surface area contributed by atoms with Gasteiger partial charge >= 0.3 is 0 Å². The van der Waals surface area contributed by atoms with Crippen LogP contribution in [0.15, 0.2) is 0 Å². The lowest BCUT2D eigenvalue weighted by Gasteiger charge is -2.45. The van der Waals surface area contributed by atoms with E-state index in [2.05, 4.69) is 14.7 Å². The van der Waals surface area contributed by atoms with Crippen molar-refractivity contribution in [2.45, 2.75) is 63.8 Å². The summed E-state index contributed by atoms with van der Waals surface area (Å²) in [7, 11) is 0. The Morgan fingerprint density at radius 3 is 1.87 bits per heavy atom. The molecule has 0 aromatic carbocycles. The summed E-state index contributed by atoms with van der Waals surface area (Å²) in [4.78, 5) is 32.1. The maximum atomic E-state index is 13.1. The molecule has 30 heavy (non-hydrogen) atoms. The third-order valence-corrected chi connectivity index (χ3v) is 7.76. The van der Waals surface area contributed by atoms with E-state index in [4.69, 9.17) is 5.73 Å². The Hall–Kier alpha value is -0.560. The van der Waals surface area contributed by atoms with Crippen LogP contribution in [0, 0.1) is 17.8 Å². The van der Waals surface area contributed by atoms with Gasteiger partial charge in [0.2, 0.25) is 11.8 Å². The molecule has 0 aromatic rings. The van der Waals surface area contributed by atoms with Crippen LogP contribution in [0.2, 0.25) is 0 Å². The number of likely N-dealkylation sites (tertiary alicyclic amines) is 1. The average molecular weight is 463 g/mol. The zero-order valence-electron chi connectivity index (χ0n) is 18.2. The van der Waals surface area contributed by atoms with Crippen molar-refractivity contribution < 1.29 is 9.59 Å². The van der Waals surface area contributed by atoms with Crippen LogP contribution in [0.3, 0.4) is 0 Å². The van der Waals surface area contributed by atoms with Crippen LogP contribution in [-0.2, 0) is 9.59 Å². The molecule has 2 bridgehead atoms. The van der Waals surface area contributed by atoms with E-state index in [1.807, 2.05) is 0 Å². The zero-order valence-corrected chi connectivity index (χ0v) is 19.8. The molecule has 2 N–H and O–H groups in total. The summed E-state index contributed by atoms with van der Waals surface area (Å²) >= 11 is 0. The highest BCUT2D eigenvalue weighted by Crippen LogP contribution is 2.42. The van der Waals surface area contributed by atoms with E-state index in [0.717, 1.165) is 65.0 Å². The average Bonchev–Trinajstić information content (AvgIpc) is 2.97. The van der Waals surface area contributed by atoms with Gasteiger partial charge in [-0.25, -0.2) is 0 Å². The quantitative estimate of drug-likeness (QED) is 0.699.